The van der Waals surface area contributed by atoms with Crippen LogP contribution in [0.3, 0.4) is 0 Å². The lowest BCUT2D eigenvalue weighted by Gasteiger charge is -2.29. The number of hydrogen-bond acceptors (Lipinski definition) is 4. The SMILES string of the molecule is CN(Cc1cnc[nH]1)CC(C)(CO)CO. The number of rotatable bonds is 6. The van der Waals surface area contributed by atoms with Gasteiger partial charge >= 0.3 is 0 Å². The molecule has 1 heterocycles. The largest absolute Gasteiger partial charge is 0.396 e. The lowest BCUT2D eigenvalue weighted by Crippen LogP contribution is -2.38. The van der Waals surface area contributed by atoms with Crippen molar-refractivity contribution in [3.8, 4) is 0 Å². The average molecular weight is 213 g/mol. The molecule has 1 aromatic heterocycles. The topological polar surface area (TPSA) is 72.4 Å². The number of nitrogens with zero attached hydrogens (tertiary/aromatic N) is 2. The van der Waals surface area contributed by atoms with Crippen LogP contribution in [-0.4, -0.2) is 51.9 Å². The molecule has 0 radical (unpaired) electrons. The van der Waals surface area contributed by atoms with Crippen LogP contribution in [0.4, 0.5) is 0 Å². The minimum Gasteiger partial charge on any atom is -0.396 e. The summed E-state index contributed by atoms with van der Waals surface area (Å²) in [4.78, 5) is 8.98. The fraction of sp³-hybridized carbons (Fsp3) is 0.700. The second-order valence-corrected chi connectivity index (χ2v) is 4.38. The van der Waals surface area contributed by atoms with Crippen molar-refractivity contribution >= 4 is 0 Å². The number of imidazole rings is 1. The maximum absolute atomic E-state index is 9.15. The molecule has 15 heavy (non-hydrogen) atoms. The van der Waals surface area contributed by atoms with Crippen molar-refractivity contribution < 1.29 is 10.2 Å². The zero-order chi connectivity index (χ0) is 11.3. The van der Waals surface area contributed by atoms with Gasteiger partial charge in [0.05, 0.1) is 19.5 Å². The Morgan fingerprint density at radius 3 is 2.60 bits per heavy atom. The van der Waals surface area contributed by atoms with Crippen LogP contribution in [-0.2, 0) is 6.54 Å². The van der Waals surface area contributed by atoms with Gasteiger partial charge in [0.25, 0.3) is 0 Å². The molecule has 5 heteroatoms. The molecule has 86 valence electrons. The molecule has 0 saturated heterocycles. The minimum atomic E-state index is -0.450. The molecule has 0 aliphatic heterocycles. The highest BCUT2D eigenvalue weighted by Gasteiger charge is 2.24. The van der Waals surface area contributed by atoms with Gasteiger partial charge in [-0.25, -0.2) is 4.98 Å². The zero-order valence-electron chi connectivity index (χ0n) is 9.27. The number of aromatic amines is 1. The van der Waals surface area contributed by atoms with Crippen molar-refractivity contribution in [2.24, 2.45) is 5.41 Å². The molecule has 5 nitrogen and oxygen atoms in total. The highest BCUT2D eigenvalue weighted by atomic mass is 16.3. The van der Waals surface area contributed by atoms with E-state index in [0.29, 0.717) is 6.54 Å². The molecule has 0 saturated carbocycles. The lowest BCUT2D eigenvalue weighted by atomic mass is 9.92. The Balaban J connectivity index is 2.44. The molecule has 0 aromatic carbocycles. The Morgan fingerprint density at radius 2 is 2.13 bits per heavy atom. The van der Waals surface area contributed by atoms with Crippen molar-refractivity contribution in [1.29, 1.82) is 0 Å². The van der Waals surface area contributed by atoms with Gasteiger partial charge in [0.1, 0.15) is 0 Å². The van der Waals surface area contributed by atoms with Crippen LogP contribution < -0.4 is 0 Å². The molecule has 0 fully saturated rings. The third-order valence-electron chi connectivity index (χ3n) is 2.41. The second kappa shape index (κ2) is 5.25. The molecule has 0 unspecified atom stereocenters. The first-order chi connectivity index (χ1) is 7.09. The summed E-state index contributed by atoms with van der Waals surface area (Å²) in [6.45, 7) is 3.19. The summed E-state index contributed by atoms with van der Waals surface area (Å²) < 4.78 is 0. The second-order valence-electron chi connectivity index (χ2n) is 4.38. The van der Waals surface area contributed by atoms with E-state index in [4.69, 9.17) is 10.2 Å². The van der Waals surface area contributed by atoms with Gasteiger partial charge in [-0.1, -0.05) is 6.92 Å². The van der Waals surface area contributed by atoms with Crippen LogP contribution in [0.1, 0.15) is 12.6 Å². The molecule has 0 aliphatic carbocycles. The van der Waals surface area contributed by atoms with E-state index in [1.54, 1.807) is 12.5 Å². The van der Waals surface area contributed by atoms with E-state index in [1.807, 2.05) is 18.9 Å². The zero-order valence-corrected chi connectivity index (χ0v) is 9.27. The van der Waals surface area contributed by atoms with Gasteiger partial charge < -0.3 is 15.2 Å². The van der Waals surface area contributed by atoms with E-state index in [2.05, 4.69) is 9.97 Å². The normalized spacial score (nSPS) is 12.3. The van der Waals surface area contributed by atoms with Crippen LogP contribution in [0, 0.1) is 5.41 Å². The molecular weight excluding hydrogens is 194 g/mol. The van der Waals surface area contributed by atoms with Crippen LogP contribution in [0.5, 0.6) is 0 Å². The van der Waals surface area contributed by atoms with E-state index >= 15 is 0 Å². The third-order valence-corrected chi connectivity index (χ3v) is 2.41. The third kappa shape index (κ3) is 3.62. The predicted molar refractivity (Wildman–Crippen MR) is 57.2 cm³/mol. The first-order valence-corrected chi connectivity index (χ1v) is 4.97. The highest BCUT2D eigenvalue weighted by molar-refractivity contribution is 4.94. The van der Waals surface area contributed by atoms with Crippen LogP contribution >= 0.6 is 0 Å². The number of aliphatic hydroxyl groups excluding tert-OH is 2. The van der Waals surface area contributed by atoms with Crippen molar-refractivity contribution in [3.05, 3.63) is 18.2 Å². The smallest absolute Gasteiger partial charge is 0.0922 e. The van der Waals surface area contributed by atoms with E-state index < -0.39 is 5.41 Å². The number of nitrogens with one attached hydrogen (secondary N) is 1. The summed E-state index contributed by atoms with van der Waals surface area (Å²) in [5.41, 5.74) is 0.574. The molecule has 1 rings (SSSR count). The molecule has 0 atom stereocenters. The lowest BCUT2D eigenvalue weighted by molar-refractivity contribution is 0.0399. The summed E-state index contributed by atoms with van der Waals surface area (Å²) >= 11 is 0. The first-order valence-electron chi connectivity index (χ1n) is 4.97. The van der Waals surface area contributed by atoms with Crippen LogP contribution in [0.25, 0.3) is 0 Å². The van der Waals surface area contributed by atoms with Crippen molar-refractivity contribution in [1.82, 2.24) is 14.9 Å². The first kappa shape index (κ1) is 12.2. The molecule has 1 aromatic rings. The minimum absolute atomic E-state index is 0.0170. The van der Waals surface area contributed by atoms with Crippen LogP contribution in [0.15, 0.2) is 12.5 Å². The standard InChI is InChI=1S/C10H19N3O2/c1-10(6-14,7-15)5-13(2)4-9-3-11-8-12-9/h3,8,14-15H,4-7H2,1-2H3,(H,11,12). The monoisotopic (exact) mass is 213 g/mol. The molecule has 0 amide bonds. The van der Waals surface area contributed by atoms with Crippen LogP contribution in [0.2, 0.25) is 0 Å². The fourth-order valence-corrected chi connectivity index (χ4v) is 1.52. The number of aromatic nitrogens is 2. The van der Waals surface area contributed by atoms with Gasteiger partial charge in [-0.15, -0.1) is 0 Å². The quantitative estimate of drug-likeness (QED) is 0.613. The van der Waals surface area contributed by atoms with Crippen molar-refractivity contribution in [2.45, 2.75) is 13.5 Å². The van der Waals surface area contributed by atoms with Gasteiger partial charge in [0, 0.05) is 30.4 Å². The van der Waals surface area contributed by atoms with Gasteiger partial charge in [0.15, 0.2) is 0 Å². The number of aliphatic hydroxyl groups is 2. The summed E-state index contributed by atoms with van der Waals surface area (Å²) in [6, 6.07) is 0. The van der Waals surface area contributed by atoms with Gasteiger partial charge in [-0.05, 0) is 7.05 Å². The highest BCUT2D eigenvalue weighted by Crippen LogP contribution is 2.16. The molecule has 3 N–H and O–H groups in total. The predicted octanol–water partition coefficient (Wildman–Crippen LogP) is -0.168. The Kier molecular flexibility index (Phi) is 4.26. The Labute approximate surface area is 89.8 Å². The summed E-state index contributed by atoms with van der Waals surface area (Å²) in [6.07, 6.45) is 3.41. The maximum Gasteiger partial charge on any atom is 0.0922 e. The Bertz CT molecular complexity index is 270. The van der Waals surface area contributed by atoms with E-state index in [-0.39, 0.29) is 13.2 Å². The summed E-state index contributed by atoms with van der Waals surface area (Å²) in [5.74, 6) is 0. The van der Waals surface area contributed by atoms with E-state index in [9.17, 15) is 0 Å². The summed E-state index contributed by atoms with van der Waals surface area (Å²) in [5, 5.41) is 18.3. The molecule has 0 aliphatic rings. The molecule has 0 bridgehead atoms. The molecular formula is C10H19N3O2. The summed E-state index contributed by atoms with van der Waals surface area (Å²) in [7, 11) is 1.95. The fourth-order valence-electron chi connectivity index (χ4n) is 1.52. The number of hydrogen-bond donors (Lipinski definition) is 3. The van der Waals surface area contributed by atoms with Gasteiger partial charge in [-0.3, -0.25) is 4.90 Å². The van der Waals surface area contributed by atoms with E-state index in [1.165, 1.54) is 0 Å². The molecule has 0 spiro atoms. The number of H-pyrrole nitrogens is 1. The van der Waals surface area contributed by atoms with Gasteiger partial charge in [0.2, 0.25) is 0 Å². The van der Waals surface area contributed by atoms with Crippen molar-refractivity contribution in [3.63, 3.8) is 0 Å². The van der Waals surface area contributed by atoms with Gasteiger partial charge in [-0.2, -0.15) is 0 Å². The van der Waals surface area contributed by atoms with Crippen molar-refractivity contribution in [2.75, 3.05) is 26.8 Å². The average Bonchev–Trinajstić information content (AvgIpc) is 2.70. The van der Waals surface area contributed by atoms with E-state index in [0.717, 1.165) is 12.2 Å². The maximum atomic E-state index is 9.15. The Morgan fingerprint density at radius 1 is 1.47 bits per heavy atom. The Hall–Kier alpha value is -0.910.